The van der Waals surface area contributed by atoms with Gasteiger partial charge in [0, 0.05) is 24.3 Å². The third-order valence-electron chi connectivity index (χ3n) is 3.26. The molecule has 1 amide bonds. The highest BCUT2D eigenvalue weighted by Gasteiger charge is 2.33. The van der Waals surface area contributed by atoms with Gasteiger partial charge >= 0.3 is 0 Å². The first kappa shape index (κ1) is 13.0. The van der Waals surface area contributed by atoms with E-state index in [1.54, 1.807) is 18.5 Å². The number of nitrogens with two attached hydrogens (primary N) is 1. The number of aromatic nitrogens is 3. The van der Waals surface area contributed by atoms with Gasteiger partial charge in [0.25, 0.3) is 0 Å². The summed E-state index contributed by atoms with van der Waals surface area (Å²) in [4.78, 5) is 17.7. The van der Waals surface area contributed by atoms with E-state index in [1.165, 1.54) is 4.90 Å². The number of primary sulfonamides is 1. The maximum Gasteiger partial charge on any atom is 0.227 e. The minimum atomic E-state index is -3.57. The molecule has 1 aliphatic rings. The first-order valence-corrected chi connectivity index (χ1v) is 7.74. The van der Waals surface area contributed by atoms with Crippen molar-refractivity contribution in [3.63, 3.8) is 0 Å². The minimum Gasteiger partial charge on any atom is -0.311 e. The average molecular weight is 295 g/mol. The van der Waals surface area contributed by atoms with Gasteiger partial charge in [0.2, 0.25) is 15.9 Å². The van der Waals surface area contributed by atoms with E-state index >= 15 is 0 Å². The van der Waals surface area contributed by atoms with Crippen LogP contribution in [0.2, 0.25) is 0 Å². The molecule has 1 saturated heterocycles. The molecular weight excluding hydrogens is 282 g/mol. The molecule has 8 nitrogen and oxygen atoms in total. The largest absolute Gasteiger partial charge is 0.311 e. The number of pyridine rings is 1. The van der Waals surface area contributed by atoms with Gasteiger partial charge in [0.1, 0.15) is 0 Å². The molecule has 3 rings (SSSR count). The van der Waals surface area contributed by atoms with Crippen LogP contribution in [0.4, 0.5) is 5.69 Å². The molecule has 0 radical (unpaired) electrons. The molecule has 3 heterocycles. The number of hydrogen-bond acceptors (Lipinski definition) is 5. The highest BCUT2D eigenvalue weighted by atomic mass is 32.2. The number of nitrogens with one attached hydrogen (secondary N) is 1. The number of sulfonamides is 1. The second kappa shape index (κ2) is 4.53. The molecule has 106 valence electrons. The van der Waals surface area contributed by atoms with Crippen molar-refractivity contribution in [2.75, 3.05) is 17.2 Å². The van der Waals surface area contributed by atoms with Crippen molar-refractivity contribution in [2.45, 2.75) is 6.42 Å². The van der Waals surface area contributed by atoms with Gasteiger partial charge in [-0.25, -0.2) is 18.5 Å². The van der Waals surface area contributed by atoms with Crippen molar-refractivity contribution in [2.24, 2.45) is 11.1 Å². The molecule has 0 spiro atoms. The SMILES string of the molecule is NS(=O)(=O)CC1CC(=O)N(c2cnc3[nH]ncc3c2)C1. The van der Waals surface area contributed by atoms with Gasteiger partial charge in [-0.05, 0) is 6.07 Å². The number of rotatable bonds is 3. The number of aromatic amines is 1. The van der Waals surface area contributed by atoms with Crippen molar-refractivity contribution >= 4 is 32.7 Å². The molecule has 1 atom stereocenters. The van der Waals surface area contributed by atoms with Crippen molar-refractivity contribution in [1.82, 2.24) is 15.2 Å². The minimum absolute atomic E-state index is 0.122. The lowest BCUT2D eigenvalue weighted by atomic mass is 10.1. The van der Waals surface area contributed by atoms with E-state index in [0.29, 0.717) is 17.9 Å². The van der Waals surface area contributed by atoms with Crippen LogP contribution in [0, 0.1) is 5.92 Å². The van der Waals surface area contributed by atoms with Crippen LogP contribution in [0.3, 0.4) is 0 Å². The van der Waals surface area contributed by atoms with Gasteiger partial charge in [0.05, 0.1) is 23.8 Å². The zero-order chi connectivity index (χ0) is 14.3. The zero-order valence-electron chi connectivity index (χ0n) is 10.5. The number of hydrogen-bond donors (Lipinski definition) is 2. The fourth-order valence-corrected chi connectivity index (χ4v) is 3.32. The van der Waals surface area contributed by atoms with Crippen LogP contribution in [0.25, 0.3) is 11.0 Å². The molecular formula is C11H13N5O3S. The lowest BCUT2D eigenvalue weighted by Crippen LogP contribution is -2.27. The van der Waals surface area contributed by atoms with Crippen LogP contribution in [-0.2, 0) is 14.8 Å². The third kappa shape index (κ3) is 2.49. The molecule has 0 saturated carbocycles. The Morgan fingerprint density at radius 1 is 1.45 bits per heavy atom. The smallest absolute Gasteiger partial charge is 0.227 e. The Hall–Kier alpha value is -2.00. The Morgan fingerprint density at radius 2 is 2.25 bits per heavy atom. The highest BCUT2D eigenvalue weighted by molar-refractivity contribution is 7.89. The van der Waals surface area contributed by atoms with E-state index in [4.69, 9.17) is 5.14 Å². The van der Waals surface area contributed by atoms with E-state index in [-0.39, 0.29) is 24.0 Å². The standard InChI is InChI=1S/C11H13N5O3S/c12-20(18,19)6-7-1-10(17)16(5-7)9-2-8-3-14-15-11(8)13-4-9/h2-4,7H,1,5-6H2,(H2,12,18,19)(H,13,14,15). The fraction of sp³-hybridized carbons (Fsp3) is 0.364. The Bertz CT molecular complexity index is 769. The number of fused-ring (bicyclic) bond motifs is 1. The van der Waals surface area contributed by atoms with Crippen molar-refractivity contribution < 1.29 is 13.2 Å². The summed E-state index contributed by atoms with van der Waals surface area (Å²) in [6.45, 7) is 0.334. The predicted molar refractivity (Wildman–Crippen MR) is 72.3 cm³/mol. The van der Waals surface area contributed by atoms with Crippen LogP contribution in [-0.4, -0.2) is 41.8 Å². The maximum atomic E-state index is 12.0. The van der Waals surface area contributed by atoms with Crippen LogP contribution in [0.5, 0.6) is 0 Å². The van der Waals surface area contributed by atoms with Crippen LogP contribution in [0.1, 0.15) is 6.42 Å². The Labute approximate surface area is 115 Å². The van der Waals surface area contributed by atoms with Crippen molar-refractivity contribution in [1.29, 1.82) is 0 Å². The van der Waals surface area contributed by atoms with Gasteiger partial charge in [0.15, 0.2) is 5.65 Å². The number of amides is 1. The van der Waals surface area contributed by atoms with Gasteiger partial charge < -0.3 is 4.90 Å². The first-order valence-electron chi connectivity index (χ1n) is 6.02. The molecule has 3 N–H and O–H groups in total. The number of nitrogens with zero attached hydrogens (tertiary/aromatic N) is 3. The Balaban J connectivity index is 1.85. The zero-order valence-corrected chi connectivity index (χ0v) is 11.3. The molecule has 1 unspecified atom stereocenters. The first-order chi connectivity index (χ1) is 9.42. The fourth-order valence-electron chi connectivity index (χ4n) is 2.44. The third-order valence-corrected chi connectivity index (χ3v) is 4.20. The number of anilines is 1. The molecule has 2 aromatic heterocycles. The summed E-state index contributed by atoms with van der Waals surface area (Å²) in [5, 5.41) is 12.4. The highest BCUT2D eigenvalue weighted by Crippen LogP contribution is 2.26. The monoisotopic (exact) mass is 295 g/mol. The van der Waals surface area contributed by atoms with E-state index in [2.05, 4.69) is 15.2 Å². The van der Waals surface area contributed by atoms with E-state index in [1.807, 2.05) is 0 Å². The Kier molecular flexibility index (Phi) is 2.94. The summed E-state index contributed by atoms with van der Waals surface area (Å²) in [5.41, 5.74) is 1.28. The molecule has 0 aliphatic carbocycles. The van der Waals surface area contributed by atoms with Crippen LogP contribution in [0.15, 0.2) is 18.5 Å². The quantitative estimate of drug-likeness (QED) is 0.797. The van der Waals surface area contributed by atoms with E-state index < -0.39 is 10.0 Å². The van der Waals surface area contributed by atoms with Gasteiger partial charge in [-0.15, -0.1) is 0 Å². The summed E-state index contributed by atoms with van der Waals surface area (Å²) in [6.07, 6.45) is 3.37. The molecule has 1 fully saturated rings. The summed E-state index contributed by atoms with van der Waals surface area (Å²) >= 11 is 0. The van der Waals surface area contributed by atoms with E-state index in [0.717, 1.165) is 5.39 Å². The molecule has 0 bridgehead atoms. The number of H-pyrrole nitrogens is 1. The second-order valence-corrected chi connectivity index (χ2v) is 6.56. The van der Waals surface area contributed by atoms with Gasteiger partial charge in [-0.3, -0.25) is 9.89 Å². The predicted octanol–water partition coefficient (Wildman–Crippen LogP) is -0.401. The normalized spacial score (nSPS) is 19.9. The number of carbonyl (C=O) groups excluding carboxylic acids is 1. The van der Waals surface area contributed by atoms with Gasteiger partial charge in [-0.2, -0.15) is 5.10 Å². The van der Waals surface area contributed by atoms with E-state index in [9.17, 15) is 13.2 Å². The van der Waals surface area contributed by atoms with Crippen molar-refractivity contribution in [3.05, 3.63) is 18.5 Å². The van der Waals surface area contributed by atoms with Gasteiger partial charge in [-0.1, -0.05) is 0 Å². The molecule has 0 aromatic carbocycles. The van der Waals surface area contributed by atoms with Crippen LogP contribution >= 0.6 is 0 Å². The maximum absolute atomic E-state index is 12.0. The summed E-state index contributed by atoms with van der Waals surface area (Å²) < 4.78 is 22.2. The summed E-state index contributed by atoms with van der Waals surface area (Å²) in [7, 11) is -3.57. The number of carbonyl (C=O) groups is 1. The lowest BCUT2D eigenvalue weighted by molar-refractivity contribution is -0.117. The second-order valence-electron chi connectivity index (χ2n) is 4.91. The summed E-state index contributed by atoms with van der Waals surface area (Å²) in [6, 6.07) is 1.79. The average Bonchev–Trinajstić information content (AvgIpc) is 2.92. The molecule has 1 aliphatic heterocycles. The molecule has 9 heteroatoms. The van der Waals surface area contributed by atoms with Crippen LogP contribution < -0.4 is 10.0 Å². The molecule has 2 aromatic rings. The van der Waals surface area contributed by atoms with Crippen molar-refractivity contribution in [3.8, 4) is 0 Å². The topological polar surface area (TPSA) is 122 Å². The summed E-state index contributed by atoms with van der Waals surface area (Å²) in [5.74, 6) is -0.586. The lowest BCUT2D eigenvalue weighted by Gasteiger charge is -2.16. The Morgan fingerprint density at radius 3 is 3.00 bits per heavy atom. The molecule has 20 heavy (non-hydrogen) atoms.